The summed E-state index contributed by atoms with van der Waals surface area (Å²) in [6.07, 6.45) is 6.34. The molecule has 6 nitrogen and oxygen atoms in total. The van der Waals surface area contributed by atoms with E-state index in [0.29, 0.717) is 16.7 Å². The van der Waals surface area contributed by atoms with E-state index in [1.165, 1.54) is 16.8 Å². The van der Waals surface area contributed by atoms with Gasteiger partial charge in [-0.3, -0.25) is 9.36 Å². The molecular weight excluding hydrogens is 357 g/mol. The Morgan fingerprint density at radius 2 is 1.93 bits per heavy atom. The van der Waals surface area contributed by atoms with E-state index >= 15 is 0 Å². The van der Waals surface area contributed by atoms with Crippen molar-refractivity contribution in [3.63, 3.8) is 0 Å². The number of rotatable bonds is 3. The van der Waals surface area contributed by atoms with Gasteiger partial charge in [-0.25, -0.2) is 19.3 Å². The van der Waals surface area contributed by atoms with E-state index in [2.05, 4.69) is 19.9 Å². The normalized spacial score (nSPS) is 11.3. The molecule has 5 rings (SSSR count). The maximum atomic E-state index is 14.8. The van der Waals surface area contributed by atoms with E-state index in [4.69, 9.17) is 0 Å². The third-order valence-electron chi connectivity index (χ3n) is 4.74. The molecular formula is C21H14FN5O. The number of aromatic nitrogens is 5. The first-order valence-corrected chi connectivity index (χ1v) is 8.71. The zero-order valence-corrected chi connectivity index (χ0v) is 14.6. The zero-order chi connectivity index (χ0) is 19.1. The Kier molecular flexibility index (Phi) is 3.72. The van der Waals surface area contributed by atoms with Crippen LogP contribution in [0.15, 0.2) is 72.0 Å². The number of nitrogens with zero attached hydrogens (tertiary/aromatic N) is 4. The Labute approximate surface area is 158 Å². The average Bonchev–Trinajstić information content (AvgIpc) is 3.19. The van der Waals surface area contributed by atoms with Crippen molar-refractivity contribution in [1.29, 1.82) is 0 Å². The van der Waals surface area contributed by atoms with Crippen LogP contribution in [-0.4, -0.2) is 24.5 Å². The second-order valence-corrected chi connectivity index (χ2v) is 6.47. The van der Waals surface area contributed by atoms with Gasteiger partial charge in [-0.05, 0) is 35.9 Å². The predicted octanol–water partition coefficient (Wildman–Crippen LogP) is 3.52. The summed E-state index contributed by atoms with van der Waals surface area (Å²) in [7, 11) is 0. The van der Waals surface area contributed by atoms with Crippen molar-refractivity contribution < 1.29 is 4.39 Å². The lowest BCUT2D eigenvalue weighted by Gasteiger charge is -2.11. The minimum atomic E-state index is -0.382. The quantitative estimate of drug-likeness (QED) is 0.526. The SMILES string of the molecule is O=c1cnc2ncccc2n1Cc1ccc(-c2cnc3[nH]ccc3c2)cc1F. The smallest absolute Gasteiger partial charge is 0.269 e. The van der Waals surface area contributed by atoms with E-state index in [0.717, 1.165) is 22.2 Å². The lowest BCUT2D eigenvalue weighted by atomic mass is 10.0. The summed E-state index contributed by atoms with van der Waals surface area (Å²) < 4.78 is 16.3. The van der Waals surface area contributed by atoms with Gasteiger partial charge in [0.1, 0.15) is 11.5 Å². The molecule has 0 amide bonds. The van der Waals surface area contributed by atoms with E-state index in [-0.39, 0.29) is 17.9 Å². The largest absolute Gasteiger partial charge is 0.346 e. The number of halogens is 1. The number of nitrogens with one attached hydrogen (secondary N) is 1. The number of hydrogen-bond donors (Lipinski definition) is 1. The fourth-order valence-electron chi connectivity index (χ4n) is 3.29. The molecule has 0 radical (unpaired) electrons. The molecule has 4 heterocycles. The third-order valence-corrected chi connectivity index (χ3v) is 4.74. The van der Waals surface area contributed by atoms with Crippen LogP contribution in [0.1, 0.15) is 5.56 Å². The van der Waals surface area contributed by atoms with E-state index in [1.807, 2.05) is 24.4 Å². The van der Waals surface area contributed by atoms with E-state index in [9.17, 15) is 9.18 Å². The molecule has 1 aromatic carbocycles. The van der Waals surface area contributed by atoms with Crippen molar-refractivity contribution >= 4 is 22.2 Å². The first-order valence-electron chi connectivity index (χ1n) is 8.71. The second kappa shape index (κ2) is 6.38. The van der Waals surface area contributed by atoms with Gasteiger partial charge in [0.05, 0.1) is 18.3 Å². The van der Waals surface area contributed by atoms with Gasteiger partial charge in [0.2, 0.25) is 0 Å². The molecule has 0 aliphatic carbocycles. The van der Waals surface area contributed by atoms with Gasteiger partial charge in [-0.15, -0.1) is 0 Å². The minimum Gasteiger partial charge on any atom is -0.346 e. The number of H-pyrrole nitrogens is 1. The van der Waals surface area contributed by atoms with Crippen LogP contribution in [-0.2, 0) is 6.54 Å². The van der Waals surface area contributed by atoms with E-state index in [1.54, 1.807) is 30.6 Å². The number of aromatic amines is 1. The molecule has 1 N–H and O–H groups in total. The fourth-order valence-corrected chi connectivity index (χ4v) is 3.29. The molecule has 0 aliphatic rings. The van der Waals surface area contributed by atoms with Crippen molar-refractivity contribution in [3.05, 3.63) is 89.0 Å². The van der Waals surface area contributed by atoms with Gasteiger partial charge in [0.25, 0.3) is 5.56 Å². The van der Waals surface area contributed by atoms with Crippen LogP contribution in [0, 0.1) is 5.82 Å². The zero-order valence-electron chi connectivity index (χ0n) is 14.6. The molecule has 136 valence electrons. The first-order chi connectivity index (χ1) is 13.7. The third kappa shape index (κ3) is 2.73. The Morgan fingerprint density at radius 1 is 1.00 bits per heavy atom. The molecule has 0 saturated heterocycles. The van der Waals surface area contributed by atoms with Gasteiger partial charge in [-0.1, -0.05) is 12.1 Å². The van der Waals surface area contributed by atoms with Crippen molar-refractivity contribution in [1.82, 2.24) is 24.5 Å². The van der Waals surface area contributed by atoms with Gasteiger partial charge < -0.3 is 4.98 Å². The molecule has 0 atom stereocenters. The topological polar surface area (TPSA) is 76.5 Å². The predicted molar refractivity (Wildman–Crippen MR) is 104 cm³/mol. The molecule has 0 unspecified atom stereocenters. The van der Waals surface area contributed by atoms with Gasteiger partial charge >= 0.3 is 0 Å². The molecule has 0 saturated carbocycles. The molecule has 0 bridgehead atoms. The number of fused-ring (bicyclic) bond motifs is 2. The fraction of sp³-hybridized carbons (Fsp3) is 0.0476. The second-order valence-electron chi connectivity index (χ2n) is 6.47. The van der Waals surface area contributed by atoms with Gasteiger partial charge in [0, 0.05) is 35.1 Å². The lowest BCUT2D eigenvalue weighted by molar-refractivity contribution is 0.599. The molecule has 5 aromatic rings. The molecule has 28 heavy (non-hydrogen) atoms. The van der Waals surface area contributed by atoms with Crippen molar-refractivity contribution in [3.8, 4) is 11.1 Å². The summed E-state index contributed by atoms with van der Waals surface area (Å²) in [6.45, 7) is 0.102. The molecule has 4 aromatic heterocycles. The highest BCUT2D eigenvalue weighted by atomic mass is 19.1. The standard InChI is InChI=1S/C21H14FN5O/c22-17-9-13(16-8-14-5-7-24-20(14)25-10-16)3-4-15(17)12-27-18-2-1-6-23-21(18)26-11-19(27)28/h1-11H,12H2,(H,24,25). The lowest BCUT2D eigenvalue weighted by Crippen LogP contribution is -2.21. The van der Waals surface area contributed by atoms with Crippen LogP contribution in [0.3, 0.4) is 0 Å². The molecule has 7 heteroatoms. The summed E-state index contributed by atoms with van der Waals surface area (Å²) in [5.74, 6) is -0.382. The minimum absolute atomic E-state index is 0.102. The van der Waals surface area contributed by atoms with Crippen LogP contribution in [0.5, 0.6) is 0 Å². The molecule has 0 spiro atoms. The number of benzene rings is 1. The summed E-state index contributed by atoms with van der Waals surface area (Å²) in [5, 5.41) is 0.962. The van der Waals surface area contributed by atoms with Crippen LogP contribution in [0.25, 0.3) is 33.3 Å². The van der Waals surface area contributed by atoms with Crippen LogP contribution in [0.4, 0.5) is 4.39 Å². The summed E-state index contributed by atoms with van der Waals surface area (Å²) in [6, 6.07) is 12.4. The van der Waals surface area contributed by atoms with Crippen LogP contribution in [0.2, 0.25) is 0 Å². The molecule has 0 fully saturated rings. The Morgan fingerprint density at radius 3 is 2.82 bits per heavy atom. The van der Waals surface area contributed by atoms with Crippen molar-refractivity contribution in [2.24, 2.45) is 0 Å². The summed E-state index contributed by atoms with van der Waals surface area (Å²) >= 11 is 0. The van der Waals surface area contributed by atoms with E-state index < -0.39 is 0 Å². The van der Waals surface area contributed by atoms with Gasteiger partial charge in [-0.2, -0.15) is 0 Å². The van der Waals surface area contributed by atoms with Crippen molar-refractivity contribution in [2.75, 3.05) is 0 Å². The number of pyridine rings is 2. The number of hydrogen-bond acceptors (Lipinski definition) is 4. The van der Waals surface area contributed by atoms with Crippen molar-refractivity contribution in [2.45, 2.75) is 6.54 Å². The first kappa shape index (κ1) is 16.3. The van der Waals surface area contributed by atoms with Gasteiger partial charge in [0.15, 0.2) is 5.65 Å². The summed E-state index contributed by atoms with van der Waals surface area (Å²) in [5.41, 5.74) is 3.48. The Hall–Kier alpha value is -3.87. The maximum absolute atomic E-state index is 14.8. The Bertz CT molecular complexity index is 1390. The monoisotopic (exact) mass is 371 g/mol. The average molecular weight is 371 g/mol. The van der Waals surface area contributed by atoms with Crippen LogP contribution < -0.4 is 5.56 Å². The highest BCUT2D eigenvalue weighted by Gasteiger charge is 2.11. The maximum Gasteiger partial charge on any atom is 0.269 e. The highest BCUT2D eigenvalue weighted by Crippen LogP contribution is 2.24. The molecule has 0 aliphatic heterocycles. The van der Waals surface area contributed by atoms with Crippen LogP contribution >= 0.6 is 0 Å². The highest BCUT2D eigenvalue weighted by molar-refractivity contribution is 5.81. The Balaban J connectivity index is 1.54. The summed E-state index contributed by atoms with van der Waals surface area (Å²) in [4.78, 5) is 27.8.